The lowest BCUT2D eigenvalue weighted by Crippen LogP contribution is -2.27. The molecule has 0 saturated heterocycles. The van der Waals surface area contributed by atoms with E-state index in [1.807, 2.05) is 42.0 Å². The molecule has 0 atom stereocenters. The first-order valence-electron chi connectivity index (χ1n) is 7.17. The maximum Gasteiger partial charge on any atom is 0.303 e. The molecule has 0 aliphatic heterocycles. The van der Waals surface area contributed by atoms with Crippen molar-refractivity contribution in [1.82, 2.24) is 9.88 Å². The van der Waals surface area contributed by atoms with Gasteiger partial charge in [0, 0.05) is 30.1 Å². The molecule has 1 aromatic carbocycles. The third kappa shape index (κ3) is 3.84. The van der Waals surface area contributed by atoms with Gasteiger partial charge < -0.3 is 15.0 Å². The van der Waals surface area contributed by atoms with Gasteiger partial charge in [0.1, 0.15) is 6.54 Å². The van der Waals surface area contributed by atoms with Crippen molar-refractivity contribution in [3.05, 3.63) is 36.0 Å². The molecule has 1 heterocycles. The van der Waals surface area contributed by atoms with Crippen LogP contribution in [0.15, 0.2) is 30.5 Å². The summed E-state index contributed by atoms with van der Waals surface area (Å²) >= 11 is 0. The molecule has 2 N–H and O–H groups in total. The number of para-hydroxylation sites is 1. The van der Waals surface area contributed by atoms with Gasteiger partial charge in [-0.25, -0.2) is 0 Å². The Balaban J connectivity index is 2.23. The van der Waals surface area contributed by atoms with Crippen LogP contribution in [0.2, 0.25) is 0 Å². The molecule has 2 rings (SSSR count). The van der Waals surface area contributed by atoms with Crippen molar-refractivity contribution in [3.8, 4) is 0 Å². The van der Waals surface area contributed by atoms with E-state index in [9.17, 15) is 9.59 Å². The Morgan fingerprint density at radius 3 is 2.76 bits per heavy atom. The number of carbonyl (C=O) groups excluding carboxylic acids is 1. The number of nitrogens with zero attached hydrogens (tertiary/aromatic N) is 1. The molecule has 0 unspecified atom stereocenters. The minimum Gasteiger partial charge on any atom is -0.481 e. The number of amides is 1. The first-order chi connectivity index (χ1) is 10.1. The summed E-state index contributed by atoms with van der Waals surface area (Å²) in [5.41, 5.74) is 1.93. The number of benzene rings is 1. The highest BCUT2D eigenvalue weighted by Crippen LogP contribution is 2.22. The van der Waals surface area contributed by atoms with Crippen LogP contribution in [0.3, 0.4) is 0 Å². The van der Waals surface area contributed by atoms with E-state index in [0.717, 1.165) is 22.9 Å². The van der Waals surface area contributed by atoms with Crippen molar-refractivity contribution in [3.63, 3.8) is 0 Å². The molecule has 21 heavy (non-hydrogen) atoms. The molecule has 0 aliphatic carbocycles. The third-order valence-corrected chi connectivity index (χ3v) is 3.37. The highest BCUT2D eigenvalue weighted by Gasteiger charge is 2.11. The Morgan fingerprint density at radius 2 is 2.05 bits per heavy atom. The van der Waals surface area contributed by atoms with Gasteiger partial charge in [0.25, 0.3) is 0 Å². The summed E-state index contributed by atoms with van der Waals surface area (Å²) in [6.07, 6.45) is 3.36. The van der Waals surface area contributed by atoms with Crippen molar-refractivity contribution in [2.75, 3.05) is 6.54 Å². The van der Waals surface area contributed by atoms with E-state index < -0.39 is 5.97 Å². The average Bonchev–Trinajstić information content (AvgIpc) is 2.81. The quantitative estimate of drug-likeness (QED) is 0.820. The fraction of sp³-hybridized carbons (Fsp3) is 0.375. The summed E-state index contributed by atoms with van der Waals surface area (Å²) in [6.45, 7) is 2.94. The van der Waals surface area contributed by atoms with Crippen molar-refractivity contribution < 1.29 is 14.7 Å². The number of fused-ring (bicyclic) bond motifs is 1. The fourth-order valence-electron chi connectivity index (χ4n) is 2.37. The van der Waals surface area contributed by atoms with Gasteiger partial charge in [-0.1, -0.05) is 25.1 Å². The summed E-state index contributed by atoms with van der Waals surface area (Å²) in [7, 11) is 0. The van der Waals surface area contributed by atoms with Crippen LogP contribution in [0, 0.1) is 0 Å². The van der Waals surface area contributed by atoms with Crippen LogP contribution in [0.25, 0.3) is 10.9 Å². The van der Waals surface area contributed by atoms with Gasteiger partial charge in [-0.2, -0.15) is 0 Å². The van der Waals surface area contributed by atoms with Gasteiger partial charge in [0.2, 0.25) is 5.91 Å². The Kier molecular flexibility index (Phi) is 4.98. The standard InChI is InChI=1S/C16H20N2O3/c1-2-9-17-15(19)11-18-10-12(7-8-16(20)21)13-5-3-4-6-14(13)18/h3-6,10H,2,7-9,11H2,1H3,(H,17,19)(H,20,21). The van der Waals surface area contributed by atoms with E-state index in [1.165, 1.54) is 0 Å². The number of hydrogen-bond acceptors (Lipinski definition) is 2. The number of aryl methyl sites for hydroxylation is 1. The molecule has 5 heteroatoms. The van der Waals surface area contributed by atoms with Crippen LogP contribution in [0.1, 0.15) is 25.3 Å². The third-order valence-electron chi connectivity index (χ3n) is 3.37. The molecule has 0 bridgehead atoms. The van der Waals surface area contributed by atoms with E-state index in [0.29, 0.717) is 13.0 Å². The van der Waals surface area contributed by atoms with Crippen LogP contribution < -0.4 is 5.32 Å². The van der Waals surface area contributed by atoms with E-state index in [4.69, 9.17) is 5.11 Å². The molecule has 1 aromatic heterocycles. The van der Waals surface area contributed by atoms with Gasteiger partial charge in [-0.3, -0.25) is 9.59 Å². The highest BCUT2D eigenvalue weighted by atomic mass is 16.4. The van der Waals surface area contributed by atoms with Crippen molar-refractivity contribution >= 4 is 22.8 Å². The Bertz CT molecular complexity index is 646. The summed E-state index contributed by atoms with van der Waals surface area (Å²) in [5, 5.41) is 12.7. The van der Waals surface area contributed by atoms with Crippen LogP contribution in [-0.4, -0.2) is 28.1 Å². The summed E-state index contributed by atoms with van der Waals surface area (Å²) in [6, 6.07) is 7.76. The number of carboxylic acid groups (broad SMARTS) is 1. The zero-order valence-corrected chi connectivity index (χ0v) is 12.1. The Labute approximate surface area is 123 Å². The van der Waals surface area contributed by atoms with E-state index in [1.54, 1.807) is 0 Å². The minimum atomic E-state index is -0.812. The van der Waals surface area contributed by atoms with Crippen molar-refractivity contribution in [2.45, 2.75) is 32.7 Å². The Morgan fingerprint density at radius 1 is 1.29 bits per heavy atom. The first kappa shape index (κ1) is 15.1. The molecular formula is C16H20N2O3. The normalized spacial score (nSPS) is 10.7. The molecular weight excluding hydrogens is 268 g/mol. The molecule has 2 aromatic rings. The largest absolute Gasteiger partial charge is 0.481 e. The number of carboxylic acids is 1. The molecule has 0 saturated carbocycles. The minimum absolute atomic E-state index is 0.0256. The zero-order valence-electron chi connectivity index (χ0n) is 12.1. The molecule has 1 amide bonds. The van der Waals surface area contributed by atoms with E-state index >= 15 is 0 Å². The van der Waals surface area contributed by atoms with Crippen LogP contribution in [-0.2, 0) is 22.6 Å². The number of nitrogens with one attached hydrogen (secondary N) is 1. The van der Waals surface area contributed by atoms with Gasteiger partial charge in [-0.05, 0) is 24.5 Å². The van der Waals surface area contributed by atoms with Gasteiger partial charge in [0.05, 0.1) is 0 Å². The molecule has 0 radical (unpaired) electrons. The van der Waals surface area contributed by atoms with Crippen LogP contribution in [0.4, 0.5) is 0 Å². The molecule has 5 nitrogen and oxygen atoms in total. The summed E-state index contributed by atoms with van der Waals surface area (Å²) < 4.78 is 1.89. The summed E-state index contributed by atoms with van der Waals surface area (Å²) in [4.78, 5) is 22.6. The second kappa shape index (κ2) is 6.92. The lowest BCUT2D eigenvalue weighted by Gasteiger charge is -2.06. The smallest absolute Gasteiger partial charge is 0.303 e. The lowest BCUT2D eigenvalue weighted by atomic mass is 10.1. The SMILES string of the molecule is CCCNC(=O)Cn1cc(CCC(=O)O)c2ccccc21. The zero-order chi connectivity index (χ0) is 15.2. The van der Waals surface area contributed by atoms with Gasteiger partial charge in [0.15, 0.2) is 0 Å². The van der Waals surface area contributed by atoms with Crippen LogP contribution in [0.5, 0.6) is 0 Å². The number of aromatic nitrogens is 1. The maximum atomic E-state index is 11.9. The molecule has 0 aliphatic rings. The monoisotopic (exact) mass is 288 g/mol. The van der Waals surface area contributed by atoms with E-state index in [-0.39, 0.29) is 18.9 Å². The second-order valence-electron chi connectivity index (χ2n) is 5.04. The molecule has 0 fully saturated rings. The topological polar surface area (TPSA) is 71.3 Å². The number of carbonyl (C=O) groups is 2. The molecule has 0 spiro atoms. The van der Waals surface area contributed by atoms with Crippen molar-refractivity contribution in [2.24, 2.45) is 0 Å². The number of aliphatic carboxylic acids is 1. The first-order valence-corrected chi connectivity index (χ1v) is 7.17. The van der Waals surface area contributed by atoms with E-state index in [2.05, 4.69) is 5.32 Å². The fourth-order valence-corrected chi connectivity index (χ4v) is 2.37. The summed E-state index contributed by atoms with van der Waals surface area (Å²) in [5.74, 6) is -0.838. The maximum absolute atomic E-state index is 11.9. The van der Waals surface area contributed by atoms with Crippen LogP contribution >= 0.6 is 0 Å². The van der Waals surface area contributed by atoms with Crippen molar-refractivity contribution in [1.29, 1.82) is 0 Å². The number of hydrogen-bond donors (Lipinski definition) is 2. The number of rotatable bonds is 7. The second-order valence-corrected chi connectivity index (χ2v) is 5.04. The highest BCUT2D eigenvalue weighted by molar-refractivity contribution is 5.86. The predicted molar refractivity (Wildman–Crippen MR) is 81.2 cm³/mol. The Hall–Kier alpha value is -2.30. The van der Waals surface area contributed by atoms with Gasteiger partial charge >= 0.3 is 5.97 Å². The predicted octanol–water partition coefficient (Wildman–Crippen LogP) is 2.18. The molecule has 112 valence electrons. The van der Waals surface area contributed by atoms with Gasteiger partial charge in [-0.15, -0.1) is 0 Å². The lowest BCUT2D eigenvalue weighted by molar-refractivity contribution is -0.137. The average molecular weight is 288 g/mol.